The number of carbonyl (C=O) groups is 1. The van der Waals surface area contributed by atoms with Crippen molar-refractivity contribution in [3.8, 4) is 11.6 Å². The molecule has 2 heterocycles. The minimum Gasteiger partial charge on any atom is -0.439 e. The standard InChI is InChI=1S/C28H32ClF3N6O2/c1-3-23(4-2)38-11-9-37(10-12-38)17-19-13-20(28(30,31)32)15-22(14-19)36-27(39)35-21-5-7-24(8-6-21)40-26-16-25(29)33-18-34-26/h5-8,13-16,18,23H,3-4,9-12,17H2,1-2H3,(H2,35,36,39). The van der Waals surface area contributed by atoms with Crippen molar-refractivity contribution in [2.45, 2.75) is 45.5 Å². The lowest BCUT2D eigenvalue weighted by Gasteiger charge is -2.39. The molecule has 1 aliphatic heterocycles. The highest BCUT2D eigenvalue weighted by Crippen LogP contribution is 2.33. The van der Waals surface area contributed by atoms with Gasteiger partial charge in [-0.3, -0.25) is 9.80 Å². The van der Waals surface area contributed by atoms with E-state index in [4.69, 9.17) is 16.3 Å². The number of carbonyl (C=O) groups excluding carboxylic acids is 1. The lowest BCUT2D eigenvalue weighted by molar-refractivity contribution is -0.137. The van der Waals surface area contributed by atoms with Crippen molar-refractivity contribution in [1.29, 1.82) is 0 Å². The van der Waals surface area contributed by atoms with Gasteiger partial charge in [-0.1, -0.05) is 25.4 Å². The molecule has 1 saturated heterocycles. The smallest absolute Gasteiger partial charge is 0.416 e. The van der Waals surface area contributed by atoms with E-state index >= 15 is 0 Å². The van der Waals surface area contributed by atoms with Crippen LogP contribution >= 0.6 is 11.6 Å². The number of anilines is 2. The molecule has 0 aliphatic carbocycles. The van der Waals surface area contributed by atoms with E-state index in [1.165, 1.54) is 12.4 Å². The van der Waals surface area contributed by atoms with Gasteiger partial charge in [-0.25, -0.2) is 14.8 Å². The molecule has 40 heavy (non-hydrogen) atoms. The fourth-order valence-corrected chi connectivity index (χ4v) is 4.90. The number of hydrogen-bond donors (Lipinski definition) is 2. The second-order valence-corrected chi connectivity index (χ2v) is 9.97. The van der Waals surface area contributed by atoms with Gasteiger partial charge in [-0.2, -0.15) is 13.2 Å². The van der Waals surface area contributed by atoms with Gasteiger partial charge < -0.3 is 15.4 Å². The molecule has 0 spiro atoms. The van der Waals surface area contributed by atoms with Crippen molar-refractivity contribution in [2.75, 3.05) is 36.8 Å². The second-order valence-electron chi connectivity index (χ2n) is 9.58. The van der Waals surface area contributed by atoms with Crippen LogP contribution in [0.4, 0.5) is 29.3 Å². The number of hydrogen-bond acceptors (Lipinski definition) is 6. The Labute approximate surface area is 236 Å². The highest BCUT2D eigenvalue weighted by atomic mass is 35.5. The third kappa shape index (κ3) is 8.30. The van der Waals surface area contributed by atoms with Gasteiger partial charge in [0.05, 0.1) is 5.56 Å². The average Bonchev–Trinajstić information content (AvgIpc) is 2.91. The highest BCUT2D eigenvalue weighted by molar-refractivity contribution is 6.29. The van der Waals surface area contributed by atoms with Crippen LogP contribution in [0.3, 0.4) is 0 Å². The Hall–Kier alpha value is -3.41. The number of nitrogens with zero attached hydrogens (tertiary/aromatic N) is 4. The number of halogens is 4. The fourth-order valence-electron chi connectivity index (χ4n) is 4.76. The van der Waals surface area contributed by atoms with Crippen LogP contribution in [0.5, 0.6) is 11.6 Å². The van der Waals surface area contributed by atoms with E-state index in [2.05, 4.69) is 44.2 Å². The summed E-state index contributed by atoms with van der Waals surface area (Å²) in [7, 11) is 0. The van der Waals surface area contributed by atoms with Crippen LogP contribution in [0, 0.1) is 0 Å². The summed E-state index contributed by atoms with van der Waals surface area (Å²) >= 11 is 5.83. The molecule has 214 valence electrons. The Morgan fingerprint density at radius 1 is 0.975 bits per heavy atom. The van der Waals surface area contributed by atoms with Gasteiger partial charge in [0.1, 0.15) is 17.2 Å². The maximum atomic E-state index is 13.7. The molecule has 2 aromatic carbocycles. The van der Waals surface area contributed by atoms with Crippen molar-refractivity contribution in [3.05, 3.63) is 71.1 Å². The van der Waals surface area contributed by atoms with E-state index in [1.807, 2.05) is 0 Å². The molecule has 0 unspecified atom stereocenters. The molecule has 0 radical (unpaired) electrons. The summed E-state index contributed by atoms with van der Waals surface area (Å²) in [6.45, 7) is 8.05. The summed E-state index contributed by atoms with van der Waals surface area (Å²) in [6, 6.07) is 11.4. The first-order chi connectivity index (χ1) is 19.1. The fraction of sp³-hybridized carbons (Fsp3) is 0.393. The number of amides is 2. The Morgan fingerprint density at radius 3 is 2.27 bits per heavy atom. The zero-order chi connectivity index (χ0) is 28.7. The minimum atomic E-state index is -4.54. The zero-order valence-electron chi connectivity index (χ0n) is 22.3. The van der Waals surface area contributed by atoms with Crippen LogP contribution in [0.1, 0.15) is 37.8 Å². The number of alkyl halides is 3. The number of aromatic nitrogens is 2. The lowest BCUT2D eigenvalue weighted by atomic mass is 10.1. The zero-order valence-corrected chi connectivity index (χ0v) is 23.1. The van der Waals surface area contributed by atoms with Gasteiger partial charge >= 0.3 is 12.2 Å². The van der Waals surface area contributed by atoms with E-state index < -0.39 is 17.8 Å². The summed E-state index contributed by atoms with van der Waals surface area (Å²) < 4.78 is 46.6. The topological polar surface area (TPSA) is 82.6 Å². The monoisotopic (exact) mass is 576 g/mol. The van der Waals surface area contributed by atoms with Crippen LogP contribution in [-0.4, -0.2) is 58.0 Å². The molecule has 0 saturated carbocycles. The van der Waals surface area contributed by atoms with Crippen molar-refractivity contribution >= 4 is 29.0 Å². The maximum absolute atomic E-state index is 13.7. The lowest BCUT2D eigenvalue weighted by Crippen LogP contribution is -2.49. The number of benzene rings is 2. The van der Waals surface area contributed by atoms with Gasteiger partial charge in [0, 0.05) is 56.2 Å². The molecular weight excluding hydrogens is 545 g/mol. The molecule has 1 fully saturated rings. The summed E-state index contributed by atoms with van der Waals surface area (Å²) in [5.74, 6) is 0.704. The first kappa shape index (κ1) is 29.6. The van der Waals surface area contributed by atoms with E-state index in [0.29, 0.717) is 29.6 Å². The first-order valence-corrected chi connectivity index (χ1v) is 13.5. The molecule has 4 rings (SSSR count). The highest BCUT2D eigenvalue weighted by Gasteiger charge is 2.32. The van der Waals surface area contributed by atoms with Gasteiger partial charge in [-0.05, 0) is 60.9 Å². The van der Waals surface area contributed by atoms with Gasteiger partial charge in [0.15, 0.2) is 0 Å². The number of ether oxygens (including phenoxy) is 1. The van der Waals surface area contributed by atoms with Crippen LogP contribution in [0.15, 0.2) is 54.9 Å². The summed E-state index contributed by atoms with van der Waals surface area (Å²) in [6.07, 6.45) is -1.11. The number of urea groups is 1. The quantitative estimate of drug-likeness (QED) is 0.270. The molecule has 2 amide bonds. The predicted molar refractivity (Wildman–Crippen MR) is 149 cm³/mol. The van der Waals surface area contributed by atoms with Crippen LogP contribution in [0.2, 0.25) is 5.15 Å². The Bertz CT molecular complexity index is 1280. The molecule has 12 heteroatoms. The largest absolute Gasteiger partial charge is 0.439 e. The summed E-state index contributed by atoms with van der Waals surface area (Å²) in [5, 5.41) is 5.40. The molecule has 1 aromatic heterocycles. The number of nitrogens with one attached hydrogen (secondary N) is 2. The van der Waals surface area contributed by atoms with Gasteiger partial charge in [-0.15, -0.1) is 0 Å². The molecule has 2 N–H and O–H groups in total. The Kier molecular flexibility index (Phi) is 9.83. The first-order valence-electron chi connectivity index (χ1n) is 13.1. The van der Waals surface area contributed by atoms with E-state index in [1.54, 1.807) is 30.3 Å². The van der Waals surface area contributed by atoms with Crippen LogP contribution in [-0.2, 0) is 12.7 Å². The van der Waals surface area contributed by atoms with E-state index in [0.717, 1.165) is 51.2 Å². The van der Waals surface area contributed by atoms with Crippen molar-refractivity contribution in [2.24, 2.45) is 0 Å². The predicted octanol–water partition coefficient (Wildman–Crippen LogP) is 6.89. The van der Waals surface area contributed by atoms with Gasteiger partial charge in [0.2, 0.25) is 5.88 Å². The third-order valence-electron chi connectivity index (χ3n) is 6.79. The van der Waals surface area contributed by atoms with Gasteiger partial charge in [0.25, 0.3) is 0 Å². The van der Waals surface area contributed by atoms with Crippen molar-refractivity contribution in [1.82, 2.24) is 19.8 Å². The third-order valence-corrected chi connectivity index (χ3v) is 7.00. The van der Waals surface area contributed by atoms with Crippen molar-refractivity contribution in [3.63, 3.8) is 0 Å². The maximum Gasteiger partial charge on any atom is 0.416 e. The molecule has 1 aliphatic rings. The Morgan fingerprint density at radius 2 is 1.65 bits per heavy atom. The second kappa shape index (κ2) is 13.3. The summed E-state index contributed by atoms with van der Waals surface area (Å²) in [4.78, 5) is 25.0. The number of piperazine rings is 1. The molecule has 0 bridgehead atoms. The molecular formula is C28H32ClF3N6O2. The van der Waals surface area contributed by atoms with E-state index in [-0.39, 0.29) is 16.7 Å². The molecule has 8 nitrogen and oxygen atoms in total. The normalized spacial score (nSPS) is 14.8. The Balaban J connectivity index is 1.38. The van der Waals surface area contributed by atoms with E-state index in [9.17, 15) is 18.0 Å². The van der Waals surface area contributed by atoms with Crippen LogP contribution in [0.25, 0.3) is 0 Å². The molecule has 0 atom stereocenters. The molecule has 3 aromatic rings. The number of rotatable bonds is 9. The minimum absolute atomic E-state index is 0.0681. The van der Waals surface area contributed by atoms with Crippen molar-refractivity contribution < 1.29 is 22.7 Å². The SMILES string of the molecule is CCC(CC)N1CCN(Cc2cc(NC(=O)Nc3ccc(Oc4cc(Cl)ncn4)cc3)cc(C(F)(F)F)c2)CC1. The van der Waals surface area contributed by atoms with Crippen LogP contribution < -0.4 is 15.4 Å². The average molecular weight is 577 g/mol. The summed E-state index contributed by atoms with van der Waals surface area (Å²) in [5.41, 5.74) is 0.182.